The Bertz CT molecular complexity index is 1260. The first-order valence-corrected chi connectivity index (χ1v) is 9.25. The first-order chi connectivity index (χ1) is 14.2. The SMILES string of the molecule is CNC(=S)NN=Cc1cn(-c2ccccc2)nc1-c1cc2ccccc2oc1=O. The zero-order valence-corrected chi connectivity index (χ0v) is 16.3. The average Bonchev–Trinajstić information content (AvgIpc) is 3.17. The molecule has 2 aromatic carbocycles. The van der Waals surface area contributed by atoms with E-state index in [-0.39, 0.29) is 0 Å². The third kappa shape index (κ3) is 3.92. The summed E-state index contributed by atoms with van der Waals surface area (Å²) in [7, 11) is 1.70. The fourth-order valence-electron chi connectivity index (χ4n) is 2.85. The zero-order valence-electron chi connectivity index (χ0n) is 15.5. The number of thiocarbonyl (C=S) groups is 1. The van der Waals surface area contributed by atoms with Gasteiger partial charge in [0.15, 0.2) is 5.11 Å². The van der Waals surface area contributed by atoms with Gasteiger partial charge >= 0.3 is 5.63 Å². The van der Waals surface area contributed by atoms with Gasteiger partial charge in [0.1, 0.15) is 11.3 Å². The molecule has 8 heteroatoms. The molecule has 0 radical (unpaired) electrons. The molecule has 0 aliphatic rings. The molecule has 0 bridgehead atoms. The lowest BCUT2D eigenvalue weighted by atomic mass is 10.1. The Morgan fingerprint density at radius 1 is 1.17 bits per heavy atom. The Morgan fingerprint density at radius 2 is 1.93 bits per heavy atom. The number of hydrazone groups is 1. The van der Waals surface area contributed by atoms with Gasteiger partial charge < -0.3 is 9.73 Å². The molecule has 2 heterocycles. The highest BCUT2D eigenvalue weighted by Crippen LogP contribution is 2.23. The first-order valence-electron chi connectivity index (χ1n) is 8.85. The maximum Gasteiger partial charge on any atom is 0.345 e. The monoisotopic (exact) mass is 403 g/mol. The summed E-state index contributed by atoms with van der Waals surface area (Å²) in [5.41, 5.74) is 5.09. The van der Waals surface area contributed by atoms with Crippen molar-refractivity contribution in [2.45, 2.75) is 0 Å². The number of hydrogen-bond donors (Lipinski definition) is 2. The van der Waals surface area contributed by atoms with E-state index in [4.69, 9.17) is 16.6 Å². The average molecular weight is 403 g/mol. The summed E-state index contributed by atoms with van der Waals surface area (Å²) in [5, 5.41) is 12.7. The summed E-state index contributed by atoms with van der Waals surface area (Å²) in [6, 6.07) is 18.7. The Kier molecular flexibility index (Phi) is 5.17. The molecule has 0 saturated carbocycles. The maximum atomic E-state index is 12.7. The molecule has 0 aliphatic carbocycles. The van der Waals surface area contributed by atoms with Gasteiger partial charge in [0.05, 0.1) is 17.5 Å². The van der Waals surface area contributed by atoms with E-state index in [2.05, 4.69) is 20.9 Å². The molecule has 0 fully saturated rings. The van der Waals surface area contributed by atoms with Crippen molar-refractivity contribution in [3.8, 4) is 16.9 Å². The second-order valence-electron chi connectivity index (χ2n) is 6.15. The maximum absolute atomic E-state index is 12.7. The summed E-state index contributed by atoms with van der Waals surface area (Å²) in [5.74, 6) is 0. The van der Waals surface area contributed by atoms with Crippen LogP contribution in [0, 0.1) is 0 Å². The third-order valence-electron chi connectivity index (χ3n) is 4.26. The fraction of sp³-hybridized carbons (Fsp3) is 0.0476. The predicted octanol–water partition coefficient (Wildman–Crippen LogP) is 3.07. The number of benzene rings is 2. The predicted molar refractivity (Wildman–Crippen MR) is 117 cm³/mol. The van der Waals surface area contributed by atoms with Crippen molar-refractivity contribution in [2.24, 2.45) is 5.10 Å². The van der Waals surface area contributed by atoms with Crippen LogP contribution in [-0.2, 0) is 0 Å². The van der Waals surface area contributed by atoms with Crippen molar-refractivity contribution in [1.29, 1.82) is 0 Å². The van der Waals surface area contributed by atoms with Gasteiger partial charge in [-0.3, -0.25) is 5.43 Å². The van der Waals surface area contributed by atoms with Gasteiger partial charge in [-0.25, -0.2) is 9.48 Å². The standard InChI is InChI=1S/C21H17N5O2S/c1-22-21(29)24-23-12-15-13-26(16-8-3-2-4-9-16)25-19(15)17-11-14-7-5-6-10-18(14)28-20(17)27/h2-13H,1H3,(H2,22,24,29). The Balaban J connectivity index is 1.85. The highest BCUT2D eigenvalue weighted by atomic mass is 32.1. The minimum atomic E-state index is -0.463. The molecule has 7 nitrogen and oxygen atoms in total. The van der Waals surface area contributed by atoms with Crippen LogP contribution in [0.2, 0.25) is 0 Å². The van der Waals surface area contributed by atoms with Crippen LogP contribution in [-0.4, -0.2) is 28.2 Å². The number of nitrogens with zero attached hydrogens (tertiary/aromatic N) is 3. The van der Waals surface area contributed by atoms with Gasteiger partial charge in [-0.05, 0) is 36.5 Å². The minimum Gasteiger partial charge on any atom is -0.422 e. The molecule has 2 N–H and O–H groups in total. The molecule has 0 amide bonds. The third-order valence-corrected chi connectivity index (χ3v) is 4.55. The van der Waals surface area contributed by atoms with Gasteiger partial charge in [-0.15, -0.1) is 0 Å². The van der Waals surface area contributed by atoms with Crippen molar-refractivity contribution in [1.82, 2.24) is 20.5 Å². The van der Waals surface area contributed by atoms with E-state index in [0.29, 0.717) is 27.5 Å². The number of para-hydroxylation sites is 2. The molecule has 0 saturated heterocycles. The molecular formula is C21H17N5O2S. The molecule has 4 aromatic rings. The van der Waals surface area contributed by atoms with Gasteiger partial charge in [0, 0.05) is 24.2 Å². The van der Waals surface area contributed by atoms with Crippen LogP contribution in [0.1, 0.15) is 5.56 Å². The summed E-state index contributed by atoms with van der Waals surface area (Å²) < 4.78 is 7.18. The van der Waals surface area contributed by atoms with Crippen LogP contribution in [0.5, 0.6) is 0 Å². The van der Waals surface area contributed by atoms with E-state index in [1.807, 2.05) is 48.5 Å². The Hall–Kier alpha value is -3.78. The lowest BCUT2D eigenvalue weighted by Gasteiger charge is -2.02. The quantitative estimate of drug-likeness (QED) is 0.236. The Labute approximate surface area is 171 Å². The molecule has 4 rings (SSSR count). The van der Waals surface area contributed by atoms with Crippen molar-refractivity contribution in [3.05, 3.63) is 82.8 Å². The second kappa shape index (κ2) is 8.07. The van der Waals surface area contributed by atoms with Crippen molar-refractivity contribution < 1.29 is 4.42 Å². The molecule has 2 aromatic heterocycles. The zero-order chi connectivity index (χ0) is 20.2. The normalized spacial score (nSPS) is 11.1. The molecule has 0 aliphatic heterocycles. The molecule has 0 unspecified atom stereocenters. The molecular weight excluding hydrogens is 386 g/mol. The van der Waals surface area contributed by atoms with Crippen molar-refractivity contribution >= 4 is 34.5 Å². The summed E-state index contributed by atoms with van der Waals surface area (Å²) in [6.45, 7) is 0. The van der Waals surface area contributed by atoms with Crippen LogP contribution in [0.4, 0.5) is 0 Å². The van der Waals surface area contributed by atoms with E-state index >= 15 is 0 Å². The first kappa shape index (κ1) is 18.6. The largest absolute Gasteiger partial charge is 0.422 e. The number of nitrogens with one attached hydrogen (secondary N) is 2. The lowest BCUT2D eigenvalue weighted by molar-refractivity contribution is 0.563. The number of hydrogen-bond acceptors (Lipinski definition) is 5. The minimum absolute atomic E-state index is 0.357. The van der Waals surface area contributed by atoms with Gasteiger partial charge in [-0.2, -0.15) is 10.2 Å². The smallest absolute Gasteiger partial charge is 0.345 e. The summed E-state index contributed by atoms with van der Waals surface area (Å²) >= 11 is 5.03. The molecule has 144 valence electrons. The Morgan fingerprint density at radius 3 is 2.72 bits per heavy atom. The highest BCUT2D eigenvalue weighted by Gasteiger charge is 2.16. The van der Waals surface area contributed by atoms with E-state index in [9.17, 15) is 4.79 Å². The van der Waals surface area contributed by atoms with Crippen LogP contribution in [0.15, 0.2) is 81.2 Å². The van der Waals surface area contributed by atoms with E-state index < -0.39 is 5.63 Å². The van der Waals surface area contributed by atoms with E-state index in [1.165, 1.54) is 0 Å². The van der Waals surface area contributed by atoms with E-state index in [1.54, 1.807) is 36.3 Å². The number of aromatic nitrogens is 2. The number of rotatable bonds is 4. The van der Waals surface area contributed by atoms with Crippen LogP contribution >= 0.6 is 12.2 Å². The summed E-state index contributed by atoms with van der Waals surface area (Å²) in [4.78, 5) is 12.7. The highest BCUT2D eigenvalue weighted by molar-refractivity contribution is 7.80. The molecule has 29 heavy (non-hydrogen) atoms. The summed E-state index contributed by atoms with van der Waals surface area (Å²) in [6.07, 6.45) is 3.37. The lowest BCUT2D eigenvalue weighted by Crippen LogP contribution is -2.28. The van der Waals surface area contributed by atoms with Gasteiger partial charge in [0.25, 0.3) is 0 Å². The molecule has 0 atom stereocenters. The molecule has 0 spiro atoms. The van der Waals surface area contributed by atoms with Gasteiger partial charge in [-0.1, -0.05) is 36.4 Å². The number of fused-ring (bicyclic) bond motifs is 1. The van der Waals surface area contributed by atoms with Crippen LogP contribution in [0.25, 0.3) is 27.9 Å². The van der Waals surface area contributed by atoms with Crippen molar-refractivity contribution in [3.63, 3.8) is 0 Å². The van der Waals surface area contributed by atoms with E-state index in [0.717, 1.165) is 11.1 Å². The van der Waals surface area contributed by atoms with Crippen molar-refractivity contribution in [2.75, 3.05) is 7.05 Å². The second-order valence-corrected chi connectivity index (χ2v) is 6.56. The fourth-order valence-corrected chi connectivity index (χ4v) is 2.90. The van der Waals surface area contributed by atoms with Crippen LogP contribution < -0.4 is 16.4 Å². The van der Waals surface area contributed by atoms with Crippen LogP contribution in [0.3, 0.4) is 0 Å². The topological polar surface area (TPSA) is 84.4 Å². The van der Waals surface area contributed by atoms with Gasteiger partial charge in [0.2, 0.25) is 0 Å².